The lowest BCUT2D eigenvalue weighted by molar-refractivity contribution is -0.133. The molecule has 3 aromatic rings. The Balaban J connectivity index is 0.00000256. The van der Waals surface area contributed by atoms with Gasteiger partial charge in [-0.3, -0.25) is 9.69 Å². The molecule has 1 fully saturated rings. The molecule has 0 radical (unpaired) electrons. The minimum Gasteiger partial charge on any atom is -1.00 e. The molecule has 0 N–H and O–H groups in total. The topological polar surface area (TPSA) is 23.6 Å². The van der Waals surface area contributed by atoms with E-state index in [1.807, 2.05) is 23.1 Å². The lowest BCUT2D eigenvalue weighted by Crippen LogP contribution is -3.00. The number of amides is 1. The lowest BCUT2D eigenvalue weighted by Gasteiger charge is -2.40. The van der Waals surface area contributed by atoms with Gasteiger partial charge in [0.25, 0.3) is 0 Å². The number of carbonyl (C=O) groups excluding carboxylic acids is 1. The van der Waals surface area contributed by atoms with Crippen LogP contribution in [0.25, 0.3) is 0 Å². The van der Waals surface area contributed by atoms with Gasteiger partial charge in [-0.15, -0.1) is 0 Å². The minimum absolute atomic E-state index is 0. The smallest absolute Gasteiger partial charge is 0.222 e. The molecule has 1 aliphatic heterocycles. The van der Waals surface area contributed by atoms with Gasteiger partial charge in [-0.1, -0.05) is 91.0 Å². The first-order valence-electron chi connectivity index (χ1n) is 10.5. The fourth-order valence-electron chi connectivity index (χ4n) is 4.17. The number of benzene rings is 3. The summed E-state index contributed by atoms with van der Waals surface area (Å²) >= 11 is 0. The molecule has 0 saturated carbocycles. The Bertz CT molecular complexity index is 855. The van der Waals surface area contributed by atoms with Gasteiger partial charge in [0.05, 0.1) is 6.04 Å². The number of halogens is 1. The van der Waals surface area contributed by atoms with Gasteiger partial charge < -0.3 is 17.3 Å². The summed E-state index contributed by atoms with van der Waals surface area (Å²) in [7, 11) is 0. The van der Waals surface area contributed by atoms with Crippen molar-refractivity contribution in [3.8, 4) is 0 Å². The maximum atomic E-state index is 12.7. The molecule has 0 bridgehead atoms. The lowest BCUT2D eigenvalue weighted by atomic mass is 9.96. The van der Waals surface area contributed by atoms with Crippen molar-refractivity contribution in [1.82, 2.24) is 9.80 Å². The molecule has 0 aromatic heterocycles. The predicted molar refractivity (Wildman–Crippen MR) is 118 cm³/mol. The fourth-order valence-corrected chi connectivity index (χ4v) is 4.17. The summed E-state index contributed by atoms with van der Waals surface area (Å²) in [5.41, 5.74) is 3.85. The van der Waals surface area contributed by atoms with E-state index in [9.17, 15) is 4.79 Å². The number of piperazine rings is 1. The Morgan fingerprint density at radius 1 is 0.700 bits per heavy atom. The highest BCUT2D eigenvalue weighted by molar-refractivity contribution is 5.76. The average Bonchev–Trinajstić information content (AvgIpc) is 2.80. The summed E-state index contributed by atoms with van der Waals surface area (Å²) in [6.45, 7) is 3.38. The first-order valence-corrected chi connectivity index (χ1v) is 10.5. The molecule has 0 unspecified atom stereocenters. The third-order valence-electron chi connectivity index (χ3n) is 5.73. The first kappa shape index (κ1) is 22.1. The van der Waals surface area contributed by atoms with Gasteiger partial charge >= 0.3 is 0 Å². The second-order valence-corrected chi connectivity index (χ2v) is 7.63. The third kappa shape index (κ3) is 5.50. The van der Waals surface area contributed by atoms with Crippen molar-refractivity contribution in [2.45, 2.75) is 18.9 Å². The van der Waals surface area contributed by atoms with Crippen LogP contribution in [0.5, 0.6) is 0 Å². The number of hydrogen-bond donors (Lipinski definition) is 0. The second-order valence-electron chi connectivity index (χ2n) is 7.63. The van der Waals surface area contributed by atoms with E-state index >= 15 is 0 Å². The maximum absolute atomic E-state index is 12.7. The summed E-state index contributed by atoms with van der Waals surface area (Å²) < 4.78 is 0. The van der Waals surface area contributed by atoms with Gasteiger partial charge in [-0.2, -0.15) is 0 Å². The summed E-state index contributed by atoms with van der Waals surface area (Å²) in [5.74, 6) is 0.268. The van der Waals surface area contributed by atoms with Crippen molar-refractivity contribution in [3.05, 3.63) is 108 Å². The van der Waals surface area contributed by atoms with E-state index in [2.05, 4.69) is 77.7 Å². The SMILES string of the molecule is O=C(CCc1ccccc1)N1CCN(C(c2ccccc2)c2ccccc2)CC1.[Cl-]. The van der Waals surface area contributed by atoms with E-state index in [0.717, 1.165) is 32.6 Å². The average molecular weight is 420 g/mol. The molecule has 4 heteroatoms. The molecule has 0 spiro atoms. The number of aryl methyl sites for hydroxylation is 1. The first-order chi connectivity index (χ1) is 14.3. The predicted octanol–water partition coefficient (Wildman–Crippen LogP) is 1.56. The summed E-state index contributed by atoms with van der Waals surface area (Å²) in [4.78, 5) is 17.2. The van der Waals surface area contributed by atoms with Crippen molar-refractivity contribution < 1.29 is 17.2 Å². The number of hydrogen-bond acceptors (Lipinski definition) is 2. The van der Waals surface area contributed by atoms with Crippen LogP contribution in [-0.2, 0) is 11.2 Å². The van der Waals surface area contributed by atoms with Gasteiger partial charge in [-0.05, 0) is 23.1 Å². The highest BCUT2D eigenvalue weighted by Crippen LogP contribution is 2.29. The van der Waals surface area contributed by atoms with Gasteiger partial charge in [0.1, 0.15) is 0 Å². The molecule has 4 rings (SSSR count). The van der Waals surface area contributed by atoms with Crippen LogP contribution < -0.4 is 12.4 Å². The molecule has 3 nitrogen and oxygen atoms in total. The number of nitrogens with zero attached hydrogens (tertiary/aromatic N) is 2. The van der Waals surface area contributed by atoms with Crippen molar-refractivity contribution in [2.75, 3.05) is 26.2 Å². The summed E-state index contributed by atoms with van der Waals surface area (Å²) in [5, 5.41) is 0. The molecular weight excluding hydrogens is 392 g/mol. The van der Waals surface area contributed by atoms with Crippen LogP contribution in [0, 0.1) is 0 Å². The number of rotatable bonds is 6. The van der Waals surface area contributed by atoms with Crippen LogP contribution in [-0.4, -0.2) is 41.9 Å². The van der Waals surface area contributed by atoms with Crippen LogP contribution in [0.4, 0.5) is 0 Å². The van der Waals surface area contributed by atoms with Crippen molar-refractivity contribution in [2.24, 2.45) is 0 Å². The van der Waals surface area contributed by atoms with E-state index < -0.39 is 0 Å². The molecular formula is C26H28ClN2O-. The molecule has 1 amide bonds. The van der Waals surface area contributed by atoms with Crippen molar-refractivity contribution in [1.29, 1.82) is 0 Å². The molecule has 0 atom stereocenters. The van der Waals surface area contributed by atoms with Gasteiger partial charge in [0.15, 0.2) is 0 Å². The van der Waals surface area contributed by atoms with Crippen molar-refractivity contribution in [3.63, 3.8) is 0 Å². The quantitative estimate of drug-likeness (QED) is 0.605. The van der Waals surface area contributed by atoms with Crippen LogP contribution in [0.2, 0.25) is 0 Å². The van der Waals surface area contributed by atoms with Gasteiger partial charge in [0.2, 0.25) is 5.91 Å². The molecule has 3 aromatic carbocycles. The van der Waals surface area contributed by atoms with Gasteiger partial charge in [0, 0.05) is 32.6 Å². The zero-order valence-electron chi connectivity index (χ0n) is 17.2. The second kappa shape index (κ2) is 11.0. The zero-order valence-corrected chi connectivity index (χ0v) is 17.9. The molecule has 0 aliphatic carbocycles. The van der Waals surface area contributed by atoms with Gasteiger partial charge in [-0.25, -0.2) is 0 Å². The maximum Gasteiger partial charge on any atom is 0.222 e. The normalized spacial score (nSPS) is 14.4. The Morgan fingerprint density at radius 3 is 1.67 bits per heavy atom. The highest BCUT2D eigenvalue weighted by atomic mass is 35.5. The summed E-state index contributed by atoms with van der Waals surface area (Å²) in [6, 6.07) is 31.9. The number of carbonyl (C=O) groups is 1. The minimum atomic E-state index is 0. The van der Waals surface area contributed by atoms with E-state index in [1.165, 1.54) is 16.7 Å². The molecule has 1 saturated heterocycles. The standard InChI is InChI=1S/C26H28N2O.ClH/c29-25(17-16-22-10-4-1-5-11-22)27-18-20-28(21-19-27)26(23-12-6-2-7-13-23)24-14-8-3-9-15-24;/h1-15,26H,16-21H2;1H/p-1. The van der Waals surface area contributed by atoms with Crippen LogP contribution in [0.3, 0.4) is 0 Å². The monoisotopic (exact) mass is 419 g/mol. The molecule has 1 aliphatic rings. The van der Waals surface area contributed by atoms with Crippen LogP contribution >= 0.6 is 0 Å². The van der Waals surface area contributed by atoms with E-state index in [1.54, 1.807) is 0 Å². The Labute approximate surface area is 185 Å². The molecule has 156 valence electrons. The Hall–Kier alpha value is -2.62. The third-order valence-corrected chi connectivity index (χ3v) is 5.73. The molecule has 1 heterocycles. The fraction of sp³-hybridized carbons (Fsp3) is 0.269. The Morgan fingerprint density at radius 2 is 1.17 bits per heavy atom. The largest absolute Gasteiger partial charge is 1.00 e. The Kier molecular flexibility index (Phi) is 8.06. The summed E-state index contributed by atoms with van der Waals surface area (Å²) in [6.07, 6.45) is 1.40. The van der Waals surface area contributed by atoms with E-state index in [4.69, 9.17) is 0 Å². The zero-order chi connectivity index (χ0) is 19.9. The van der Waals surface area contributed by atoms with E-state index in [-0.39, 0.29) is 24.4 Å². The highest BCUT2D eigenvalue weighted by Gasteiger charge is 2.27. The molecule has 30 heavy (non-hydrogen) atoms. The van der Waals surface area contributed by atoms with Crippen molar-refractivity contribution >= 4 is 5.91 Å². The van der Waals surface area contributed by atoms with Crippen LogP contribution in [0.1, 0.15) is 29.2 Å². The van der Waals surface area contributed by atoms with Crippen LogP contribution in [0.15, 0.2) is 91.0 Å². The van der Waals surface area contributed by atoms with E-state index in [0.29, 0.717) is 6.42 Å².